The number of rotatable bonds is 4. The van der Waals surface area contributed by atoms with Gasteiger partial charge in [-0.05, 0) is 5.41 Å². The molecule has 80 valence electrons. The lowest BCUT2D eigenvalue weighted by atomic mass is 9.87. The predicted octanol–water partition coefficient (Wildman–Crippen LogP) is -0.586. The third kappa shape index (κ3) is 5.98. The fourth-order valence-electron chi connectivity index (χ4n) is 0.850. The average Bonchev–Trinajstić information content (AvgIpc) is 1.82. The van der Waals surface area contributed by atoms with Gasteiger partial charge < -0.3 is 0 Å². The fraction of sp³-hybridized carbons (Fsp3) is 1.00. The number of hydrazine groups is 1. The van der Waals surface area contributed by atoms with Gasteiger partial charge in [0.25, 0.3) is 0 Å². The third-order valence-electron chi connectivity index (χ3n) is 1.80. The van der Waals surface area contributed by atoms with Crippen LogP contribution in [0.2, 0.25) is 0 Å². The second-order valence-corrected chi connectivity index (χ2v) is 6.04. The van der Waals surface area contributed by atoms with Crippen LogP contribution in [0.5, 0.6) is 0 Å². The van der Waals surface area contributed by atoms with Crippen LogP contribution in [-0.2, 0) is 10.0 Å². The minimum atomic E-state index is -3.14. The summed E-state index contributed by atoms with van der Waals surface area (Å²) in [6, 6.07) is -0.0813. The number of nitrogens with one attached hydrogen (secondary N) is 2. The van der Waals surface area contributed by atoms with Gasteiger partial charge in [-0.25, -0.2) is 13.1 Å². The van der Waals surface area contributed by atoms with Gasteiger partial charge in [-0.1, -0.05) is 20.8 Å². The van der Waals surface area contributed by atoms with Crippen molar-refractivity contribution in [2.75, 3.05) is 12.8 Å². The van der Waals surface area contributed by atoms with Crippen LogP contribution in [0.25, 0.3) is 0 Å². The molecule has 13 heavy (non-hydrogen) atoms. The van der Waals surface area contributed by atoms with E-state index in [-0.39, 0.29) is 11.5 Å². The predicted molar refractivity (Wildman–Crippen MR) is 53.4 cm³/mol. The van der Waals surface area contributed by atoms with E-state index in [4.69, 9.17) is 5.84 Å². The Kier molecular flexibility index (Phi) is 4.31. The standard InChI is InChI=1S/C7H19N3O2S/c1-7(2,3)6(10-8)5-9-13(4,11)12/h6,9-10H,5,8H2,1-4H3/t6-/m1/s1. The van der Waals surface area contributed by atoms with E-state index in [1.807, 2.05) is 20.8 Å². The molecule has 0 saturated carbocycles. The summed E-state index contributed by atoms with van der Waals surface area (Å²) in [6.07, 6.45) is 1.13. The molecule has 0 saturated heterocycles. The second-order valence-electron chi connectivity index (χ2n) is 4.21. The van der Waals surface area contributed by atoms with Gasteiger partial charge in [-0.15, -0.1) is 0 Å². The molecule has 0 rings (SSSR count). The van der Waals surface area contributed by atoms with Gasteiger partial charge >= 0.3 is 0 Å². The van der Waals surface area contributed by atoms with Crippen LogP contribution in [0.4, 0.5) is 0 Å². The molecule has 0 aromatic carbocycles. The van der Waals surface area contributed by atoms with Gasteiger partial charge in [0.1, 0.15) is 0 Å². The zero-order valence-electron chi connectivity index (χ0n) is 8.59. The molecule has 0 heterocycles. The maximum Gasteiger partial charge on any atom is 0.208 e. The Labute approximate surface area is 80.1 Å². The van der Waals surface area contributed by atoms with E-state index in [2.05, 4.69) is 10.1 Å². The van der Waals surface area contributed by atoms with Crippen molar-refractivity contribution in [3.05, 3.63) is 0 Å². The van der Waals surface area contributed by atoms with E-state index in [1.54, 1.807) is 0 Å². The minimum Gasteiger partial charge on any atom is -0.271 e. The lowest BCUT2D eigenvalue weighted by molar-refractivity contribution is 0.271. The number of sulfonamides is 1. The lowest BCUT2D eigenvalue weighted by Gasteiger charge is -2.29. The van der Waals surface area contributed by atoms with Gasteiger partial charge in [0.15, 0.2) is 0 Å². The first-order valence-electron chi connectivity index (χ1n) is 4.07. The van der Waals surface area contributed by atoms with Gasteiger partial charge in [0.05, 0.1) is 6.26 Å². The van der Waals surface area contributed by atoms with Crippen molar-refractivity contribution in [3.63, 3.8) is 0 Å². The van der Waals surface area contributed by atoms with Crippen molar-refractivity contribution in [2.45, 2.75) is 26.8 Å². The highest BCUT2D eigenvalue weighted by molar-refractivity contribution is 7.88. The Morgan fingerprint density at radius 3 is 2.08 bits per heavy atom. The van der Waals surface area contributed by atoms with Crippen LogP contribution < -0.4 is 16.0 Å². The van der Waals surface area contributed by atoms with E-state index in [0.29, 0.717) is 6.54 Å². The van der Waals surface area contributed by atoms with Gasteiger partial charge in [-0.2, -0.15) is 0 Å². The highest BCUT2D eigenvalue weighted by Crippen LogP contribution is 2.17. The SMILES string of the molecule is CC(C)(C)[C@@H](CNS(C)(=O)=O)NN. The third-order valence-corrected chi connectivity index (χ3v) is 2.49. The second kappa shape index (κ2) is 4.36. The van der Waals surface area contributed by atoms with Crippen LogP contribution in [0.3, 0.4) is 0 Å². The molecule has 0 fully saturated rings. The molecule has 0 amide bonds. The van der Waals surface area contributed by atoms with Crippen LogP contribution in [0, 0.1) is 5.41 Å². The van der Waals surface area contributed by atoms with E-state index in [9.17, 15) is 8.42 Å². The zero-order chi connectivity index (χ0) is 10.7. The van der Waals surface area contributed by atoms with E-state index in [0.717, 1.165) is 6.26 Å². The van der Waals surface area contributed by atoms with Crippen LogP contribution in [0.1, 0.15) is 20.8 Å². The van der Waals surface area contributed by atoms with Gasteiger partial charge in [-0.3, -0.25) is 11.3 Å². The first kappa shape index (κ1) is 12.8. The molecular weight excluding hydrogens is 190 g/mol. The first-order chi connectivity index (χ1) is 5.67. The Balaban J connectivity index is 4.17. The molecule has 1 atom stereocenters. The van der Waals surface area contributed by atoms with E-state index >= 15 is 0 Å². The maximum absolute atomic E-state index is 10.8. The summed E-state index contributed by atoms with van der Waals surface area (Å²) in [4.78, 5) is 0. The highest BCUT2D eigenvalue weighted by atomic mass is 32.2. The van der Waals surface area contributed by atoms with Crippen molar-refractivity contribution in [1.29, 1.82) is 0 Å². The van der Waals surface area contributed by atoms with Crippen molar-refractivity contribution in [3.8, 4) is 0 Å². The number of hydrogen-bond donors (Lipinski definition) is 3. The van der Waals surface area contributed by atoms with Crippen molar-refractivity contribution < 1.29 is 8.42 Å². The van der Waals surface area contributed by atoms with Crippen molar-refractivity contribution >= 4 is 10.0 Å². The molecule has 0 aliphatic rings. The molecule has 0 unspecified atom stereocenters. The summed E-state index contributed by atoms with van der Waals surface area (Å²) in [7, 11) is -3.14. The molecule has 0 bridgehead atoms. The molecule has 0 aliphatic heterocycles. The zero-order valence-corrected chi connectivity index (χ0v) is 9.40. The van der Waals surface area contributed by atoms with Crippen LogP contribution in [-0.4, -0.2) is 27.3 Å². The maximum atomic E-state index is 10.8. The molecule has 0 radical (unpaired) electrons. The van der Waals surface area contributed by atoms with Gasteiger partial charge in [0.2, 0.25) is 10.0 Å². The summed E-state index contributed by atoms with van der Waals surface area (Å²) in [5.74, 6) is 5.30. The monoisotopic (exact) mass is 209 g/mol. The molecule has 4 N–H and O–H groups in total. The largest absolute Gasteiger partial charge is 0.271 e. The number of hydrogen-bond acceptors (Lipinski definition) is 4. The van der Waals surface area contributed by atoms with Crippen molar-refractivity contribution in [2.24, 2.45) is 11.3 Å². The smallest absolute Gasteiger partial charge is 0.208 e. The summed E-state index contributed by atoms with van der Waals surface area (Å²) in [5.41, 5.74) is 2.51. The quantitative estimate of drug-likeness (QED) is 0.427. The normalized spacial score (nSPS) is 15.8. The molecule has 6 heteroatoms. The molecular formula is C7H19N3O2S. The summed E-state index contributed by atoms with van der Waals surface area (Å²) in [5, 5.41) is 0. The molecule has 0 aliphatic carbocycles. The first-order valence-corrected chi connectivity index (χ1v) is 5.96. The molecule has 0 aromatic heterocycles. The topological polar surface area (TPSA) is 84.2 Å². The van der Waals surface area contributed by atoms with Crippen molar-refractivity contribution in [1.82, 2.24) is 10.1 Å². The van der Waals surface area contributed by atoms with Crippen LogP contribution >= 0.6 is 0 Å². The van der Waals surface area contributed by atoms with E-state index < -0.39 is 10.0 Å². The Morgan fingerprint density at radius 2 is 1.85 bits per heavy atom. The highest BCUT2D eigenvalue weighted by Gasteiger charge is 2.23. The Morgan fingerprint density at radius 1 is 1.38 bits per heavy atom. The van der Waals surface area contributed by atoms with Gasteiger partial charge in [0, 0.05) is 12.6 Å². The fourth-order valence-corrected chi connectivity index (χ4v) is 1.32. The number of nitrogens with two attached hydrogens (primary N) is 1. The lowest BCUT2D eigenvalue weighted by Crippen LogP contribution is -2.51. The van der Waals surface area contributed by atoms with E-state index in [1.165, 1.54) is 0 Å². The Bertz CT molecular complexity index is 243. The summed E-state index contributed by atoms with van der Waals surface area (Å²) >= 11 is 0. The van der Waals surface area contributed by atoms with Crippen LogP contribution in [0.15, 0.2) is 0 Å². The summed E-state index contributed by atoms with van der Waals surface area (Å²) in [6.45, 7) is 6.27. The average molecular weight is 209 g/mol. The molecule has 0 aromatic rings. The molecule has 5 nitrogen and oxygen atoms in total. The molecule has 0 spiro atoms. The summed E-state index contributed by atoms with van der Waals surface area (Å²) < 4.78 is 24.0. The Hall–Kier alpha value is -0.170. The minimum absolute atomic E-state index is 0.0769.